The van der Waals surface area contributed by atoms with Crippen molar-refractivity contribution in [3.63, 3.8) is 0 Å². The van der Waals surface area contributed by atoms with Gasteiger partial charge in [-0.1, -0.05) is 32.6 Å². The quantitative estimate of drug-likeness (QED) is 0.249. The molecule has 0 saturated heterocycles. The van der Waals surface area contributed by atoms with Crippen molar-refractivity contribution in [3.8, 4) is 0 Å². The second-order valence-corrected chi connectivity index (χ2v) is 9.79. The predicted molar refractivity (Wildman–Crippen MR) is 99.6 cm³/mol. The van der Waals surface area contributed by atoms with Crippen LogP contribution >= 0.6 is 0 Å². The van der Waals surface area contributed by atoms with Gasteiger partial charge >= 0.3 is 10.1 Å². The molecule has 2 atom stereocenters. The van der Waals surface area contributed by atoms with Crippen LogP contribution < -0.4 is 0 Å². The van der Waals surface area contributed by atoms with Crippen LogP contribution in [0.25, 0.3) is 0 Å². The minimum absolute atomic E-state index is 0.160. The molecule has 0 amide bonds. The van der Waals surface area contributed by atoms with Crippen molar-refractivity contribution in [3.05, 3.63) is 0 Å². The van der Waals surface area contributed by atoms with Gasteiger partial charge in [0.1, 0.15) is 0 Å². The molecule has 0 radical (unpaired) electrons. The van der Waals surface area contributed by atoms with Crippen LogP contribution in [-0.2, 0) is 28.8 Å². The van der Waals surface area contributed by atoms with Crippen LogP contribution in [0.5, 0.6) is 0 Å². The van der Waals surface area contributed by atoms with Gasteiger partial charge in [-0.2, -0.15) is 8.42 Å². The summed E-state index contributed by atoms with van der Waals surface area (Å²) in [4.78, 5) is 2.78. The van der Waals surface area contributed by atoms with E-state index in [9.17, 15) is 8.42 Å². The van der Waals surface area contributed by atoms with E-state index >= 15 is 0 Å². The first-order valence-electron chi connectivity index (χ1n) is 9.19. The Kier molecular flexibility index (Phi) is 10.7. The average Bonchev–Trinajstić information content (AvgIpc) is 2.41. The molecular weight excluding hydrogens is 344 g/mol. The predicted octanol–water partition coefficient (Wildman–Crippen LogP) is 4.58. The summed E-state index contributed by atoms with van der Waals surface area (Å²) in [5.41, 5.74) is -0.411. The molecule has 0 rings (SSSR count). The smallest absolute Gasteiger partial charge is 0.323 e. The Morgan fingerprint density at radius 2 is 1.52 bits per heavy atom. The van der Waals surface area contributed by atoms with Gasteiger partial charge in [0.2, 0.25) is 0 Å². The standard InChI is InChI=1S/C18H38O6S/c1-9-10-11-12-13-15(2)22-17(4,5)14-16(3)23-18(6,7)25(19,20)24-21-8/h15-16H,9-14H2,1-8H3. The molecule has 6 nitrogen and oxygen atoms in total. The van der Waals surface area contributed by atoms with Gasteiger partial charge in [0.15, 0.2) is 4.93 Å². The Labute approximate surface area is 154 Å². The Bertz CT molecular complexity index is 458. The molecule has 7 heteroatoms. The lowest BCUT2D eigenvalue weighted by Crippen LogP contribution is -2.42. The zero-order chi connectivity index (χ0) is 19.7. The monoisotopic (exact) mass is 382 g/mol. The average molecular weight is 383 g/mol. The van der Waals surface area contributed by atoms with Crippen LogP contribution in [0.4, 0.5) is 0 Å². The fourth-order valence-electron chi connectivity index (χ4n) is 2.96. The summed E-state index contributed by atoms with van der Waals surface area (Å²) in [6, 6.07) is 0. The third-order valence-electron chi connectivity index (χ3n) is 4.01. The minimum atomic E-state index is -3.99. The number of rotatable bonds is 14. The van der Waals surface area contributed by atoms with Crippen molar-refractivity contribution in [1.29, 1.82) is 0 Å². The summed E-state index contributed by atoms with van der Waals surface area (Å²) < 4.78 is 40.2. The highest BCUT2D eigenvalue weighted by atomic mass is 32.2. The molecule has 0 aliphatic rings. The van der Waals surface area contributed by atoms with Crippen molar-refractivity contribution < 1.29 is 27.1 Å². The van der Waals surface area contributed by atoms with Gasteiger partial charge < -0.3 is 9.47 Å². The number of hydrogen-bond donors (Lipinski definition) is 0. The van der Waals surface area contributed by atoms with Gasteiger partial charge in [-0.25, -0.2) is 4.89 Å². The molecule has 0 saturated carbocycles. The highest BCUT2D eigenvalue weighted by molar-refractivity contribution is 7.87. The van der Waals surface area contributed by atoms with E-state index in [4.69, 9.17) is 9.47 Å². The van der Waals surface area contributed by atoms with E-state index in [-0.39, 0.29) is 12.2 Å². The van der Waals surface area contributed by atoms with E-state index in [1.54, 1.807) is 0 Å². The van der Waals surface area contributed by atoms with E-state index < -0.39 is 20.7 Å². The highest BCUT2D eigenvalue weighted by Crippen LogP contribution is 2.28. The molecule has 0 N–H and O–H groups in total. The topological polar surface area (TPSA) is 71.1 Å². The van der Waals surface area contributed by atoms with Crippen LogP contribution in [0.1, 0.15) is 87.0 Å². The summed E-state index contributed by atoms with van der Waals surface area (Å²) in [7, 11) is -2.84. The van der Waals surface area contributed by atoms with Crippen LogP contribution in [-0.4, -0.2) is 38.3 Å². The zero-order valence-electron chi connectivity index (χ0n) is 17.3. The number of unbranched alkanes of at least 4 members (excludes halogenated alkanes) is 3. The Morgan fingerprint density at radius 1 is 0.920 bits per heavy atom. The van der Waals surface area contributed by atoms with Gasteiger partial charge in [0.05, 0.1) is 24.9 Å². The van der Waals surface area contributed by atoms with Crippen LogP contribution in [0.15, 0.2) is 0 Å². The maximum atomic E-state index is 12.0. The molecule has 0 fully saturated rings. The minimum Gasteiger partial charge on any atom is -0.373 e. The van der Waals surface area contributed by atoms with Gasteiger partial charge in [0, 0.05) is 6.42 Å². The summed E-state index contributed by atoms with van der Waals surface area (Å²) in [6.07, 6.45) is 6.31. The zero-order valence-corrected chi connectivity index (χ0v) is 18.1. The lowest BCUT2D eigenvalue weighted by molar-refractivity contribution is -0.182. The van der Waals surface area contributed by atoms with Gasteiger partial charge in [-0.15, -0.1) is 4.33 Å². The van der Waals surface area contributed by atoms with Crippen LogP contribution in [0.2, 0.25) is 0 Å². The first kappa shape index (κ1) is 24.8. The van der Waals surface area contributed by atoms with Crippen LogP contribution in [0, 0.1) is 0 Å². The van der Waals surface area contributed by atoms with Gasteiger partial charge in [0.25, 0.3) is 0 Å². The molecule has 0 aliphatic heterocycles. The normalized spacial score (nSPS) is 16.0. The molecule has 0 aliphatic carbocycles. The lowest BCUT2D eigenvalue weighted by Gasteiger charge is -2.34. The number of ether oxygens (including phenoxy) is 2. The van der Waals surface area contributed by atoms with Crippen molar-refractivity contribution in [2.75, 3.05) is 7.11 Å². The lowest BCUT2D eigenvalue weighted by atomic mass is 10.00. The molecular formula is C18H38O6S. The Morgan fingerprint density at radius 3 is 2.04 bits per heavy atom. The molecule has 0 spiro atoms. The second-order valence-electron chi connectivity index (χ2n) is 7.76. The summed E-state index contributed by atoms with van der Waals surface area (Å²) in [5.74, 6) is 0. The molecule has 0 aromatic carbocycles. The van der Waals surface area contributed by atoms with Gasteiger partial charge in [-0.3, -0.25) is 0 Å². The summed E-state index contributed by atoms with van der Waals surface area (Å²) >= 11 is 0. The van der Waals surface area contributed by atoms with Crippen molar-refractivity contribution in [2.45, 2.75) is 110 Å². The Hall–Kier alpha value is -0.210. The molecule has 0 heterocycles. The van der Waals surface area contributed by atoms with E-state index in [0.717, 1.165) is 20.0 Å². The largest absolute Gasteiger partial charge is 0.373 e. The van der Waals surface area contributed by atoms with E-state index in [0.29, 0.717) is 6.42 Å². The van der Waals surface area contributed by atoms with Crippen molar-refractivity contribution in [2.24, 2.45) is 0 Å². The first-order valence-corrected chi connectivity index (χ1v) is 10.6. The van der Waals surface area contributed by atoms with Crippen molar-refractivity contribution >= 4 is 10.1 Å². The SMILES string of the molecule is CCCCCCC(C)OC(C)(C)CC(C)OC(C)(C)S(=O)(=O)OOC. The second kappa shape index (κ2) is 10.8. The van der Waals surface area contributed by atoms with E-state index in [2.05, 4.69) is 23.1 Å². The summed E-state index contributed by atoms with van der Waals surface area (Å²) in [6.45, 7) is 13.0. The molecule has 152 valence electrons. The molecule has 0 bridgehead atoms. The van der Waals surface area contributed by atoms with E-state index in [1.165, 1.54) is 33.1 Å². The molecule has 0 aromatic heterocycles. The highest BCUT2D eigenvalue weighted by Gasteiger charge is 2.40. The Balaban J connectivity index is 4.53. The maximum absolute atomic E-state index is 12.0. The van der Waals surface area contributed by atoms with Gasteiger partial charge in [-0.05, 0) is 48.0 Å². The maximum Gasteiger partial charge on any atom is 0.323 e. The summed E-state index contributed by atoms with van der Waals surface area (Å²) in [5, 5.41) is 0. The number of hydrogen-bond acceptors (Lipinski definition) is 6. The van der Waals surface area contributed by atoms with Crippen LogP contribution in [0.3, 0.4) is 0 Å². The van der Waals surface area contributed by atoms with E-state index in [1.807, 2.05) is 20.8 Å². The fraction of sp³-hybridized carbons (Fsp3) is 1.00. The molecule has 2 unspecified atom stereocenters. The molecule has 25 heavy (non-hydrogen) atoms. The van der Waals surface area contributed by atoms with Crippen molar-refractivity contribution in [1.82, 2.24) is 0 Å². The fourth-order valence-corrected chi connectivity index (χ4v) is 3.58. The first-order chi connectivity index (χ1) is 11.4. The third kappa shape index (κ3) is 9.89. The molecule has 0 aromatic rings. The third-order valence-corrected chi connectivity index (χ3v) is 5.62.